The van der Waals surface area contributed by atoms with E-state index in [1.165, 1.54) is 5.56 Å². The summed E-state index contributed by atoms with van der Waals surface area (Å²) in [5.74, 6) is -0.315. The maximum atomic E-state index is 13.6. The highest BCUT2D eigenvalue weighted by Crippen LogP contribution is 2.33. The molecule has 2 atom stereocenters. The van der Waals surface area contributed by atoms with Gasteiger partial charge in [0.2, 0.25) is 0 Å². The summed E-state index contributed by atoms with van der Waals surface area (Å²) in [5.41, 5.74) is 5.38. The van der Waals surface area contributed by atoms with Crippen molar-refractivity contribution >= 4 is 17.6 Å². The Morgan fingerprint density at radius 1 is 1.06 bits per heavy atom. The summed E-state index contributed by atoms with van der Waals surface area (Å²) >= 11 is 0. The van der Waals surface area contributed by atoms with Crippen molar-refractivity contribution in [3.8, 4) is 0 Å². The molecule has 33 heavy (non-hydrogen) atoms. The molecule has 0 aromatic heterocycles. The van der Waals surface area contributed by atoms with Crippen molar-refractivity contribution < 1.29 is 14.3 Å². The van der Waals surface area contributed by atoms with Crippen LogP contribution in [0.5, 0.6) is 0 Å². The normalized spacial score (nSPS) is 21.1. The van der Waals surface area contributed by atoms with Crippen molar-refractivity contribution in [3.05, 3.63) is 70.8 Å². The monoisotopic (exact) mass is 447 g/mol. The molecule has 0 aliphatic carbocycles. The molecule has 2 aliphatic rings. The largest absolute Gasteiger partial charge is 0.465 e. The van der Waals surface area contributed by atoms with Crippen LogP contribution in [0.1, 0.15) is 60.9 Å². The van der Waals surface area contributed by atoms with Gasteiger partial charge in [0.05, 0.1) is 24.9 Å². The van der Waals surface area contributed by atoms with E-state index in [2.05, 4.69) is 50.2 Å². The quantitative estimate of drug-likeness (QED) is 0.616. The van der Waals surface area contributed by atoms with Crippen LogP contribution in [-0.2, 0) is 14.3 Å². The number of benzene rings is 2. The van der Waals surface area contributed by atoms with Crippen molar-refractivity contribution in [2.75, 3.05) is 19.7 Å². The van der Waals surface area contributed by atoms with E-state index in [9.17, 15) is 9.59 Å². The molecule has 1 saturated heterocycles. The SMILES string of the molecule is CCOC(=O)[C@@H]1CCCCN1CC(=O)N1N=C(c2cccc(C)c2)C[C@@H]1c1ccc(C)cc1. The van der Waals surface area contributed by atoms with Gasteiger partial charge in [0.15, 0.2) is 0 Å². The third kappa shape index (κ3) is 5.33. The van der Waals surface area contributed by atoms with E-state index in [1.54, 1.807) is 5.01 Å². The van der Waals surface area contributed by atoms with E-state index in [4.69, 9.17) is 9.84 Å². The van der Waals surface area contributed by atoms with Crippen LogP contribution in [0.2, 0.25) is 0 Å². The standard InChI is InChI=1S/C27H33N3O3/c1-4-33-27(32)24-10-5-6-15-29(24)18-26(31)30-25(21-13-11-19(2)12-14-21)17-23(28-30)22-9-7-8-20(3)16-22/h7-9,11-14,16,24-25H,4-6,10,15,17-18H2,1-3H3/t24-,25+/m0/s1. The van der Waals surface area contributed by atoms with Gasteiger partial charge in [0.25, 0.3) is 5.91 Å². The Hall–Kier alpha value is -2.99. The van der Waals surface area contributed by atoms with Gasteiger partial charge in [-0.1, -0.05) is 66.1 Å². The zero-order valence-electron chi connectivity index (χ0n) is 19.8. The van der Waals surface area contributed by atoms with Gasteiger partial charge in [-0.25, -0.2) is 5.01 Å². The number of nitrogens with zero attached hydrogens (tertiary/aromatic N) is 3. The number of carbonyl (C=O) groups is 2. The van der Waals surface area contributed by atoms with Crippen LogP contribution in [0.25, 0.3) is 0 Å². The second kappa shape index (κ2) is 10.3. The third-order valence-electron chi connectivity index (χ3n) is 6.49. The second-order valence-electron chi connectivity index (χ2n) is 9.02. The van der Waals surface area contributed by atoms with Gasteiger partial charge in [-0.2, -0.15) is 5.10 Å². The molecule has 2 aromatic rings. The molecule has 6 nitrogen and oxygen atoms in total. The minimum absolute atomic E-state index is 0.0839. The van der Waals surface area contributed by atoms with Crippen molar-refractivity contribution in [1.29, 1.82) is 0 Å². The molecule has 2 aliphatic heterocycles. The highest BCUT2D eigenvalue weighted by molar-refractivity contribution is 6.03. The predicted octanol–water partition coefficient (Wildman–Crippen LogP) is 4.40. The summed E-state index contributed by atoms with van der Waals surface area (Å²) in [6.07, 6.45) is 3.34. The van der Waals surface area contributed by atoms with Gasteiger partial charge in [0.1, 0.15) is 6.04 Å². The molecule has 174 valence electrons. The van der Waals surface area contributed by atoms with Gasteiger partial charge >= 0.3 is 5.97 Å². The zero-order chi connectivity index (χ0) is 23.4. The Labute approximate surface area is 196 Å². The Morgan fingerprint density at radius 3 is 2.58 bits per heavy atom. The molecular formula is C27H33N3O3. The highest BCUT2D eigenvalue weighted by atomic mass is 16.5. The maximum Gasteiger partial charge on any atom is 0.323 e. The number of ether oxygens (including phenoxy) is 1. The lowest BCUT2D eigenvalue weighted by Crippen LogP contribution is -2.49. The Balaban J connectivity index is 1.59. The van der Waals surface area contributed by atoms with E-state index < -0.39 is 0 Å². The first-order chi connectivity index (χ1) is 16.0. The molecular weight excluding hydrogens is 414 g/mol. The Bertz CT molecular complexity index is 1030. The number of hydrogen-bond donors (Lipinski definition) is 0. The molecule has 1 fully saturated rings. The number of rotatable bonds is 6. The summed E-state index contributed by atoms with van der Waals surface area (Å²) in [6.45, 7) is 7.16. The van der Waals surface area contributed by atoms with Gasteiger partial charge in [-0.3, -0.25) is 14.5 Å². The summed E-state index contributed by atoms with van der Waals surface area (Å²) in [5, 5.41) is 6.45. The van der Waals surface area contributed by atoms with Crippen LogP contribution < -0.4 is 0 Å². The molecule has 2 heterocycles. The maximum absolute atomic E-state index is 13.6. The minimum atomic E-state index is -0.358. The molecule has 1 amide bonds. The molecule has 0 N–H and O–H groups in total. The average Bonchev–Trinajstić information content (AvgIpc) is 3.26. The van der Waals surface area contributed by atoms with Crippen LogP contribution in [0.3, 0.4) is 0 Å². The minimum Gasteiger partial charge on any atom is -0.465 e. The van der Waals surface area contributed by atoms with Crippen LogP contribution >= 0.6 is 0 Å². The highest BCUT2D eigenvalue weighted by Gasteiger charge is 2.37. The smallest absolute Gasteiger partial charge is 0.323 e. The third-order valence-corrected chi connectivity index (χ3v) is 6.49. The molecule has 0 bridgehead atoms. The van der Waals surface area contributed by atoms with Crippen LogP contribution in [0, 0.1) is 13.8 Å². The Morgan fingerprint density at radius 2 is 1.85 bits per heavy atom. The zero-order valence-corrected chi connectivity index (χ0v) is 19.8. The second-order valence-corrected chi connectivity index (χ2v) is 9.02. The number of esters is 1. The first-order valence-electron chi connectivity index (χ1n) is 11.9. The fraction of sp³-hybridized carbons (Fsp3) is 0.444. The number of amides is 1. The van der Waals surface area contributed by atoms with Crippen molar-refractivity contribution in [2.45, 2.75) is 58.5 Å². The summed E-state index contributed by atoms with van der Waals surface area (Å²) in [6, 6.07) is 16.0. The van der Waals surface area contributed by atoms with Gasteiger partial charge in [-0.15, -0.1) is 0 Å². The van der Waals surface area contributed by atoms with Crippen molar-refractivity contribution in [3.63, 3.8) is 0 Å². The average molecular weight is 448 g/mol. The number of hydrazone groups is 1. The summed E-state index contributed by atoms with van der Waals surface area (Å²) < 4.78 is 5.27. The summed E-state index contributed by atoms with van der Waals surface area (Å²) in [7, 11) is 0. The van der Waals surface area contributed by atoms with Gasteiger partial charge in [-0.05, 0) is 51.3 Å². The van der Waals surface area contributed by atoms with Crippen LogP contribution in [0.4, 0.5) is 0 Å². The number of hydrogen-bond acceptors (Lipinski definition) is 5. The lowest BCUT2D eigenvalue weighted by molar-refractivity contribution is -0.152. The first-order valence-corrected chi connectivity index (χ1v) is 11.9. The van der Waals surface area contributed by atoms with E-state index in [-0.39, 0.29) is 30.5 Å². The molecule has 0 radical (unpaired) electrons. The lowest BCUT2D eigenvalue weighted by Gasteiger charge is -2.34. The van der Waals surface area contributed by atoms with Gasteiger partial charge < -0.3 is 4.74 Å². The van der Waals surface area contributed by atoms with Crippen molar-refractivity contribution in [1.82, 2.24) is 9.91 Å². The van der Waals surface area contributed by atoms with E-state index in [1.807, 2.05) is 24.0 Å². The van der Waals surface area contributed by atoms with E-state index in [0.717, 1.165) is 41.7 Å². The van der Waals surface area contributed by atoms with Crippen LogP contribution in [0.15, 0.2) is 53.6 Å². The topological polar surface area (TPSA) is 62.2 Å². The van der Waals surface area contributed by atoms with E-state index >= 15 is 0 Å². The number of piperidine rings is 1. The molecule has 0 unspecified atom stereocenters. The molecule has 0 spiro atoms. The summed E-state index contributed by atoms with van der Waals surface area (Å²) in [4.78, 5) is 28.0. The first kappa shape index (κ1) is 23.2. The molecule has 4 rings (SSSR count). The van der Waals surface area contributed by atoms with Crippen molar-refractivity contribution in [2.24, 2.45) is 5.10 Å². The molecule has 2 aromatic carbocycles. The fourth-order valence-corrected chi connectivity index (χ4v) is 4.72. The van der Waals surface area contributed by atoms with Gasteiger partial charge in [0, 0.05) is 6.42 Å². The Kier molecular flexibility index (Phi) is 7.23. The molecule has 0 saturated carbocycles. The number of carbonyl (C=O) groups excluding carboxylic acids is 2. The molecule has 6 heteroatoms. The number of likely N-dealkylation sites (tertiary alicyclic amines) is 1. The fourth-order valence-electron chi connectivity index (χ4n) is 4.72. The van der Waals surface area contributed by atoms with E-state index in [0.29, 0.717) is 19.6 Å². The lowest BCUT2D eigenvalue weighted by atomic mass is 9.97. The number of aryl methyl sites for hydroxylation is 2. The van der Waals surface area contributed by atoms with Crippen LogP contribution in [-0.4, -0.2) is 53.2 Å². The predicted molar refractivity (Wildman–Crippen MR) is 129 cm³/mol.